The summed E-state index contributed by atoms with van der Waals surface area (Å²) in [5.74, 6) is 2.17. The highest BCUT2D eigenvalue weighted by atomic mass is 35.5. The van der Waals surface area contributed by atoms with Gasteiger partial charge < -0.3 is 14.7 Å². The van der Waals surface area contributed by atoms with Crippen LogP contribution in [0.1, 0.15) is 20.3 Å². The molecule has 0 aromatic heterocycles. The number of likely N-dealkylation sites (tertiary alicyclic amines) is 1. The van der Waals surface area contributed by atoms with Gasteiger partial charge in [-0.05, 0) is 42.5 Å². The van der Waals surface area contributed by atoms with Crippen molar-refractivity contribution >= 4 is 11.6 Å². The SMILES string of the molecule is C[C@@H]1C[C@H](C)CN(C[C@@H](O)COc2ccc(Cl)cc2)C1. The van der Waals surface area contributed by atoms with E-state index in [2.05, 4.69) is 18.7 Å². The number of β-amino-alcohol motifs (C(OH)–C–C–N with tert-alkyl or cyclic N) is 1. The summed E-state index contributed by atoms with van der Waals surface area (Å²) in [5, 5.41) is 10.8. The molecule has 0 unspecified atom stereocenters. The summed E-state index contributed by atoms with van der Waals surface area (Å²) in [7, 11) is 0. The molecule has 1 heterocycles. The van der Waals surface area contributed by atoms with Gasteiger partial charge in [-0.1, -0.05) is 25.4 Å². The van der Waals surface area contributed by atoms with Gasteiger partial charge in [-0.15, -0.1) is 0 Å². The fourth-order valence-corrected chi connectivity index (χ4v) is 3.14. The molecule has 1 aromatic carbocycles. The molecule has 1 aromatic rings. The van der Waals surface area contributed by atoms with Crippen LogP contribution < -0.4 is 4.74 Å². The van der Waals surface area contributed by atoms with E-state index >= 15 is 0 Å². The minimum Gasteiger partial charge on any atom is -0.491 e. The van der Waals surface area contributed by atoms with E-state index in [0.717, 1.165) is 18.8 Å². The van der Waals surface area contributed by atoms with Crippen LogP contribution in [0.5, 0.6) is 5.75 Å². The lowest BCUT2D eigenvalue weighted by molar-refractivity contribution is 0.0429. The van der Waals surface area contributed by atoms with Gasteiger partial charge in [0.15, 0.2) is 0 Å². The number of hydrogen-bond acceptors (Lipinski definition) is 3. The average Bonchev–Trinajstić information content (AvgIpc) is 2.37. The lowest BCUT2D eigenvalue weighted by Crippen LogP contribution is -2.43. The number of hydrogen-bond donors (Lipinski definition) is 1. The Hall–Kier alpha value is -0.770. The first-order valence-electron chi connectivity index (χ1n) is 7.31. The highest BCUT2D eigenvalue weighted by Crippen LogP contribution is 2.21. The Kier molecular flexibility index (Phi) is 5.70. The second-order valence-corrected chi connectivity index (χ2v) is 6.52. The minimum atomic E-state index is -0.455. The summed E-state index contributed by atoms with van der Waals surface area (Å²) >= 11 is 5.82. The maximum absolute atomic E-state index is 10.1. The van der Waals surface area contributed by atoms with E-state index < -0.39 is 6.10 Å². The second kappa shape index (κ2) is 7.30. The third-order valence-corrected chi connectivity index (χ3v) is 3.92. The summed E-state index contributed by atoms with van der Waals surface area (Å²) < 4.78 is 5.58. The largest absolute Gasteiger partial charge is 0.491 e. The zero-order valence-corrected chi connectivity index (χ0v) is 13.0. The van der Waals surface area contributed by atoms with Crippen LogP contribution in [0, 0.1) is 11.8 Å². The predicted octanol–water partition coefficient (Wildman–Crippen LogP) is 3.06. The van der Waals surface area contributed by atoms with Gasteiger partial charge in [-0.2, -0.15) is 0 Å². The van der Waals surface area contributed by atoms with E-state index in [1.165, 1.54) is 6.42 Å². The van der Waals surface area contributed by atoms with Crippen molar-refractivity contribution in [3.05, 3.63) is 29.3 Å². The van der Waals surface area contributed by atoms with Crippen molar-refractivity contribution in [2.45, 2.75) is 26.4 Å². The summed E-state index contributed by atoms with van der Waals surface area (Å²) in [4.78, 5) is 2.34. The first-order valence-corrected chi connectivity index (χ1v) is 7.69. The Balaban J connectivity index is 1.74. The van der Waals surface area contributed by atoms with E-state index in [1.54, 1.807) is 12.1 Å². The normalized spacial score (nSPS) is 25.4. The van der Waals surface area contributed by atoms with Crippen LogP contribution in [0.15, 0.2) is 24.3 Å². The molecule has 3 atom stereocenters. The number of ether oxygens (including phenoxy) is 1. The van der Waals surface area contributed by atoms with Gasteiger partial charge in [0.25, 0.3) is 0 Å². The van der Waals surface area contributed by atoms with Gasteiger partial charge in [-0.25, -0.2) is 0 Å². The summed E-state index contributed by atoms with van der Waals surface area (Å²) in [6.45, 7) is 7.70. The fourth-order valence-electron chi connectivity index (χ4n) is 3.02. The lowest BCUT2D eigenvalue weighted by Gasteiger charge is -2.35. The van der Waals surface area contributed by atoms with Crippen LogP contribution in [-0.4, -0.2) is 42.4 Å². The highest BCUT2D eigenvalue weighted by molar-refractivity contribution is 6.30. The Labute approximate surface area is 126 Å². The van der Waals surface area contributed by atoms with Crippen molar-refractivity contribution in [2.24, 2.45) is 11.8 Å². The molecule has 0 spiro atoms. The van der Waals surface area contributed by atoms with E-state index in [0.29, 0.717) is 30.0 Å². The molecule has 0 aliphatic carbocycles. The number of aliphatic hydroxyl groups excluding tert-OH is 1. The van der Waals surface area contributed by atoms with Crippen LogP contribution in [0.4, 0.5) is 0 Å². The van der Waals surface area contributed by atoms with Gasteiger partial charge in [0.2, 0.25) is 0 Å². The van der Waals surface area contributed by atoms with E-state index in [4.69, 9.17) is 16.3 Å². The van der Waals surface area contributed by atoms with Crippen molar-refractivity contribution in [3.8, 4) is 5.75 Å². The summed E-state index contributed by atoms with van der Waals surface area (Å²) in [6.07, 6.45) is 0.830. The standard InChI is InChI=1S/C16H24ClNO2/c1-12-7-13(2)9-18(8-12)10-15(19)11-20-16-5-3-14(17)4-6-16/h3-6,12-13,15,19H,7-11H2,1-2H3/t12-,13+,15-/m1/s1. The van der Waals surface area contributed by atoms with Crippen molar-refractivity contribution in [1.29, 1.82) is 0 Å². The van der Waals surface area contributed by atoms with Crippen LogP contribution in [0.3, 0.4) is 0 Å². The smallest absolute Gasteiger partial charge is 0.119 e. The number of aliphatic hydroxyl groups is 1. The van der Waals surface area contributed by atoms with Crippen molar-refractivity contribution in [1.82, 2.24) is 4.90 Å². The number of benzene rings is 1. The van der Waals surface area contributed by atoms with Gasteiger partial charge in [-0.3, -0.25) is 0 Å². The van der Waals surface area contributed by atoms with Crippen LogP contribution >= 0.6 is 11.6 Å². The van der Waals surface area contributed by atoms with Crippen LogP contribution in [-0.2, 0) is 0 Å². The van der Waals surface area contributed by atoms with Gasteiger partial charge in [0, 0.05) is 24.7 Å². The van der Waals surface area contributed by atoms with E-state index in [1.807, 2.05) is 12.1 Å². The molecule has 3 nitrogen and oxygen atoms in total. The van der Waals surface area contributed by atoms with Crippen LogP contribution in [0.2, 0.25) is 5.02 Å². The predicted molar refractivity (Wildman–Crippen MR) is 82.3 cm³/mol. The number of piperidine rings is 1. The Morgan fingerprint density at radius 2 is 1.85 bits per heavy atom. The lowest BCUT2D eigenvalue weighted by atomic mass is 9.92. The van der Waals surface area contributed by atoms with E-state index in [-0.39, 0.29) is 0 Å². The van der Waals surface area contributed by atoms with E-state index in [9.17, 15) is 5.11 Å². The quantitative estimate of drug-likeness (QED) is 0.907. The topological polar surface area (TPSA) is 32.7 Å². The molecule has 0 amide bonds. The first kappa shape index (κ1) is 15.6. The molecule has 1 saturated heterocycles. The molecule has 1 N–H and O–H groups in total. The van der Waals surface area contributed by atoms with Gasteiger partial charge >= 0.3 is 0 Å². The number of nitrogens with zero attached hydrogens (tertiary/aromatic N) is 1. The Morgan fingerprint density at radius 1 is 1.25 bits per heavy atom. The van der Waals surface area contributed by atoms with Crippen LogP contribution in [0.25, 0.3) is 0 Å². The van der Waals surface area contributed by atoms with Gasteiger partial charge in [0.05, 0.1) is 0 Å². The molecule has 1 aliphatic rings. The molecule has 2 rings (SSSR count). The highest BCUT2D eigenvalue weighted by Gasteiger charge is 2.23. The number of halogens is 1. The third kappa shape index (κ3) is 4.97. The summed E-state index contributed by atoms with van der Waals surface area (Å²) in [5.41, 5.74) is 0. The van der Waals surface area contributed by atoms with Crippen molar-refractivity contribution in [3.63, 3.8) is 0 Å². The van der Waals surface area contributed by atoms with Crippen molar-refractivity contribution < 1.29 is 9.84 Å². The molecule has 1 fully saturated rings. The fraction of sp³-hybridized carbons (Fsp3) is 0.625. The molecular weight excluding hydrogens is 274 g/mol. The Morgan fingerprint density at radius 3 is 2.45 bits per heavy atom. The molecule has 112 valence electrons. The zero-order chi connectivity index (χ0) is 14.5. The Bertz CT molecular complexity index is 399. The second-order valence-electron chi connectivity index (χ2n) is 6.08. The molecule has 0 saturated carbocycles. The summed E-state index contributed by atoms with van der Waals surface area (Å²) in [6, 6.07) is 7.22. The zero-order valence-electron chi connectivity index (χ0n) is 12.3. The third-order valence-electron chi connectivity index (χ3n) is 3.67. The molecule has 1 aliphatic heterocycles. The average molecular weight is 298 g/mol. The monoisotopic (exact) mass is 297 g/mol. The molecular formula is C16H24ClNO2. The number of rotatable bonds is 5. The first-order chi connectivity index (χ1) is 9.52. The minimum absolute atomic E-state index is 0.320. The maximum Gasteiger partial charge on any atom is 0.119 e. The molecule has 20 heavy (non-hydrogen) atoms. The molecule has 0 bridgehead atoms. The van der Waals surface area contributed by atoms with Crippen molar-refractivity contribution in [2.75, 3.05) is 26.2 Å². The maximum atomic E-state index is 10.1. The van der Waals surface area contributed by atoms with Gasteiger partial charge in [0.1, 0.15) is 18.5 Å². The molecule has 4 heteroatoms. The molecule has 0 radical (unpaired) electrons.